The van der Waals surface area contributed by atoms with Crippen LogP contribution < -0.4 is 11.1 Å². The molecule has 0 saturated heterocycles. The molecule has 0 amide bonds. The van der Waals surface area contributed by atoms with Crippen LogP contribution in [0.5, 0.6) is 0 Å². The predicted molar refractivity (Wildman–Crippen MR) is 83.3 cm³/mol. The summed E-state index contributed by atoms with van der Waals surface area (Å²) < 4.78 is 0. The van der Waals surface area contributed by atoms with Gasteiger partial charge in [-0.25, -0.2) is 0 Å². The number of anilines is 2. The molecule has 2 rings (SSSR count). The number of hydrogen-bond acceptors (Lipinski definition) is 2. The van der Waals surface area contributed by atoms with Gasteiger partial charge in [-0.05, 0) is 35.6 Å². The first kappa shape index (κ1) is 13.5. The molecule has 0 bridgehead atoms. The summed E-state index contributed by atoms with van der Waals surface area (Å²) in [6.07, 6.45) is 1.18. The van der Waals surface area contributed by atoms with Gasteiger partial charge in [0.05, 0.1) is 11.4 Å². The van der Waals surface area contributed by atoms with Gasteiger partial charge in [-0.15, -0.1) is 0 Å². The van der Waals surface area contributed by atoms with E-state index in [0.717, 1.165) is 17.9 Å². The second-order valence-electron chi connectivity index (χ2n) is 4.99. The van der Waals surface area contributed by atoms with Crippen molar-refractivity contribution in [1.29, 1.82) is 0 Å². The molecule has 0 saturated carbocycles. The van der Waals surface area contributed by atoms with Crippen LogP contribution in [0.25, 0.3) is 0 Å². The summed E-state index contributed by atoms with van der Waals surface area (Å²) in [5.74, 6) is 0.631. The molecular formula is C17H22N2. The first-order valence-electron chi connectivity index (χ1n) is 6.88. The Balaban J connectivity index is 1.99. The third-order valence-corrected chi connectivity index (χ3v) is 3.60. The monoisotopic (exact) mass is 254 g/mol. The van der Waals surface area contributed by atoms with E-state index in [1.165, 1.54) is 17.5 Å². The fraction of sp³-hybridized carbons (Fsp3) is 0.294. The molecule has 2 heteroatoms. The van der Waals surface area contributed by atoms with E-state index in [1.54, 1.807) is 0 Å². The molecule has 2 nitrogen and oxygen atoms in total. The van der Waals surface area contributed by atoms with Crippen LogP contribution >= 0.6 is 0 Å². The van der Waals surface area contributed by atoms with Crippen LogP contribution in [0, 0.1) is 0 Å². The van der Waals surface area contributed by atoms with E-state index in [2.05, 4.69) is 43.4 Å². The van der Waals surface area contributed by atoms with Crippen LogP contribution in [-0.2, 0) is 6.54 Å². The summed E-state index contributed by atoms with van der Waals surface area (Å²) in [7, 11) is 0. The topological polar surface area (TPSA) is 38.0 Å². The number of nitrogens with one attached hydrogen (secondary N) is 1. The zero-order chi connectivity index (χ0) is 13.7. The molecular weight excluding hydrogens is 232 g/mol. The molecule has 1 atom stereocenters. The molecule has 3 N–H and O–H groups in total. The van der Waals surface area contributed by atoms with Gasteiger partial charge in [0.2, 0.25) is 0 Å². The fourth-order valence-corrected chi connectivity index (χ4v) is 2.06. The summed E-state index contributed by atoms with van der Waals surface area (Å²) in [5, 5.41) is 3.37. The lowest BCUT2D eigenvalue weighted by Crippen LogP contribution is -2.02. The summed E-state index contributed by atoms with van der Waals surface area (Å²) in [6, 6.07) is 16.7. The van der Waals surface area contributed by atoms with Gasteiger partial charge in [-0.3, -0.25) is 0 Å². The summed E-state index contributed by atoms with van der Waals surface area (Å²) in [5.41, 5.74) is 10.4. The number of nitrogen functional groups attached to an aromatic ring is 1. The van der Waals surface area contributed by atoms with Crippen molar-refractivity contribution < 1.29 is 0 Å². The molecule has 100 valence electrons. The van der Waals surface area contributed by atoms with E-state index in [4.69, 9.17) is 5.73 Å². The van der Waals surface area contributed by atoms with Gasteiger partial charge >= 0.3 is 0 Å². The molecule has 0 aromatic heterocycles. The highest BCUT2D eigenvalue weighted by atomic mass is 14.9. The molecule has 19 heavy (non-hydrogen) atoms. The van der Waals surface area contributed by atoms with E-state index < -0.39 is 0 Å². The molecule has 0 aliphatic carbocycles. The van der Waals surface area contributed by atoms with Crippen molar-refractivity contribution in [2.24, 2.45) is 0 Å². The fourth-order valence-electron chi connectivity index (χ4n) is 2.06. The Bertz CT molecular complexity index is 517. The Labute approximate surface area is 115 Å². The first-order valence-corrected chi connectivity index (χ1v) is 6.88. The van der Waals surface area contributed by atoms with Crippen molar-refractivity contribution in [1.82, 2.24) is 0 Å². The second-order valence-corrected chi connectivity index (χ2v) is 4.99. The van der Waals surface area contributed by atoms with Crippen LogP contribution in [0.2, 0.25) is 0 Å². The molecule has 0 heterocycles. The molecule has 0 spiro atoms. The SMILES string of the molecule is CCC(C)c1ccc(CNc2ccccc2N)cc1. The van der Waals surface area contributed by atoms with Crippen molar-refractivity contribution >= 4 is 11.4 Å². The van der Waals surface area contributed by atoms with E-state index >= 15 is 0 Å². The lowest BCUT2D eigenvalue weighted by Gasteiger charge is -2.11. The van der Waals surface area contributed by atoms with Gasteiger partial charge in [0.1, 0.15) is 0 Å². The molecule has 0 fully saturated rings. The van der Waals surface area contributed by atoms with Gasteiger partial charge in [-0.2, -0.15) is 0 Å². The Hall–Kier alpha value is -1.96. The van der Waals surface area contributed by atoms with E-state index in [0.29, 0.717) is 5.92 Å². The highest BCUT2D eigenvalue weighted by Crippen LogP contribution is 2.20. The number of nitrogens with two attached hydrogens (primary N) is 1. The molecule has 0 radical (unpaired) electrons. The maximum absolute atomic E-state index is 5.90. The standard InChI is InChI=1S/C17H22N2/c1-3-13(2)15-10-8-14(9-11-15)12-19-17-7-5-4-6-16(17)18/h4-11,13,19H,3,12,18H2,1-2H3. The minimum absolute atomic E-state index is 0.631. The van der Waals surface area contributed by atoms with Crippen LogP contribution in [-0.4, -0.2) is 0 Å². The van der Waals surface area contributed by atoms with Gasteiger partial charge in [0, 0.05) is 6.54 Å². The number of benzene rings is 2. The largest absolute Gasteiger partial charge is 0.397 e. The van der Waals surface area contributed by atoms with Crippen LogP contribution in [0.1, 0.15) is 37.3 Å². The number of hydrogen-bond donors (Lipinski definition) is 2. The summed E-state index contributed by atoms with van der Waals surface area (Å²) >= 11 is 0. The molecule has 2 aromatic carbocycles. The smallest absolute Gasteiger partial charge is 0.0576 e. The van der Waals surface area contributed by atoms with Crippen molar-refractivity contribution in [2.75, 3.05) is 11.1 Å². The Morgan fingerprint density at radius 1 is 1.05 bits per heavy atom. The zero-order valence-corrected chi connectivity index (χ0v) is 11.7. The quantitative estimate of drug-likeness (QED) is 0.776. The highest BCUT2D eigenvalue weighted by molar-refractivity contribution is 5.65. The van der Waals surface area contributed by atoms with Crippen molar-refractivity contribution in [3.8, 4) is 0 Å². The third kappa shape index (κ3) is 3.50. The lowest BCUT2D eigenvalue weighted by atomic mass is 9.98. The average molecular weight is 254 g/mol. The Kier molecular flexibility index (Phi) is 4.45. The third-order valence-electron chi connectivity index (χ3n) is 3.60. The minimum Gasteiger partial charge on any atom is -0.397 e. The zero-order valence-electron chi connectivity index (χ0n) is 11.7. The van der Waals surface area contributed by atoms with Crippen molar-refractivity contribution in [2.45, 2.75) is 32.7 Å². The lowest BCUT2D eigenvalue weighted by molar-refractivity contribution is 0.733. The predicted octanol–water partition coefficient (Wildman–Crippen LogP) is 4.39. The Morgan fingerprint density at radius 2 is 1.74 bits per heavy atom. The van der Waals surface area contributed by atoms with Crippen LogP contribution in [0.3, 0.4) is 0 Å². The highest BCUT2D eigenvalue weighted by Gasteiger charge is 2.02. The molecule has 2 aromatic rings. The van der Waals surface area contributed by atoms with Gasteiger partial charge in [0.15, 0.2) is 0 Å². The first-order chi connectivity index (χ1) is 9.20. The maximum Gasteiger partial charge on any atom is 0.0576 e. The van der Waals surface area contributed by atoms with Crippen LogP contribution in [0.4, 0.5) is 11.4 Å². The number of para-hydroxylation sites is 2. The molecule has 0 aliphatic heterocycles. The van der Waals surface area contributed by atoms with Gasteiger partial charge < -0.3 is 11.1 Å². The number of rotatable bonds is 5. The van der Waals surface area contributed by atoms with Crippen molar-refractivity contribution in [3.05, 3.63) is 59.7 Å². The van der Waals surface area contributed by atoms with E-state index in [9.17, 15) is 0 Å². The summed E-state index contributed by atoms with van der Waals surface area (Å²) in [4.78, 5) is 0. The normalized spacial score (nSPS) is 12.1. The van der Waals surface area contributed by atoms with Crippen LogP contribution in [0.15, 0.2) is 48.5 Å². The van der Waals surface area contributed by atoms with E-state index in [-0.39, 0.29) is 0 Å². The minimum atomic E-state index is 0.631. The molecule has 1 unspecified atom stereocenters. The summed E-state index contributed by atoms with van der Waals surface area (Å²) in [6.45, 7) is 5.28. The van der Waals surface area contributed by atoms with E-state index in [1.807, 2.05) is 24.3 Å². The Morgan fingerprint density at radius 3 is 2.37 bits per heavy atom. The second kappa shape index (κ2) is 6.28. The van der Waals surface area contributed by atoms with Gasteiger partial charge in [0.25, 0.3) is 0 Å². The average Bonchev–Trinajstić information content (AvgIpc) is 2.46. The van der Waals surface area contributed by atoms with Crippen molar-refractivity contribution in [3.63, 3.8) is 0 Å². The molecule has 0 aliphatic rings. The maximum atomic E-state index is 5.90. The van der Waals surface area contributed by atoms with Gasteiger partial charge in [-0.1, -0.05) is 50.2 Å².